The van der Waals surface area contributed by atoms with Gasteiger partial charge in [0.2, 0.25) is 0 Å². The standard InChI is InChI=1S/C28H27NO6S/c1-3-27(10-11-27)18-25(30)28(12-14-34-15-13-28)29-26(31)24-17-21-5-4-20(16-23(21)35-24)19-6-8-22(9-7-19)36(2,32)33/h1,4-9,16-17H,10-15,18H2,2H3,(H,29,31). The summed E-state index contributed by atoms with van der Waals surface area (Å²) in [6, 6.07) is 13.8. The van der Waals surface area contributed by atoms with Crippen LogP contribution in [0.1, 0.15) is 42.7 Å². The normalized spacial score (nSPS) is 18.3. The van der Waals surface area contributed by atoms with Gasteiger partial charge in [-0.2, -0.15) is 0 Å². The molecule has 2 aliphatic rings. The predicted octanol–water partition coefficient (Wildman–Crippen LogP) is 4.15. The highest BCUT2D eigenvalue weighted by atomic mass is 32.2. The zero-order chi connectivity index (χ0) is 25.6. The largest absolute Gasteiger partial charge is 0.451 e. The van der Waals surface area contributed by atoms with E-state index in [1.165, 1.54) is 6.26 Å². The van der Waals surface area contributed by atoms with E-state index in [4.69, 9.17) is 15.6 Å². The van der Waals surface area contributed by atoms with Gasteiger partial charge in [-0.05, 0) is 48.2 Å². The van der Waals surface area contributed by atoms with Crippen LogP contribution in [-0.4, -0.2) is 45.1 Å². The maximum absolute atomic E-state index is 13.3. The number of sulfone groups is 1. The van der Waals surface area contributed by atoms with Crippen molar-refractivity contribution >= 4 is 32.5 Å². The van der Waals surface area contributed by atoms with E-state index in [0.717, 1.165) is 29.4 Å². The second-order valence-corrected chi connectivity index (χ2v) is 11.8. The fraction of sp³-hybridized carbons (Fsp3) is 0.357. The molecule has 36 heavy (non-hydrogen) atoms. The van der Waals surface area contributed by atoms with E-state index in [9.17, 15) is 18.0 Å². The van der Waals surface area contributed by atoms with Crippen molar-refractivity contribution < 1.29 is 27.2 Å². The van der Waals surface area contributed by atoms with E-state index in [1.807, 2.05) is 12.1 Å². The Bertz CT molecular complexity index is 1480. The number of hydrogen-bond acceptors (Lipinski definition) is 6. The molecule has 2 heterocycles. The zero-order valence-corrected chi connectivity index (χ0v) is 20.8. The molecule has 1 saturated carbocycles. The Morgan fingerprint density at radius 1 is 1.00 bits per heavy atom. The number of furan rings is 1. The van der Waals surface area contributed by atoms with Crippen LogP contribution in [-0.2, 0) is 19.4 Å². The van der Waals surface area contributed by atoms with Crippen LogP contribution in [0.2, 0.25) is 0 Å². The topological polar surface area (TPSA) is 103 Å². The summed E-state index contributed by atoms with van der Waals surface area (Å²) in [6.07, 6.45) is 9.53. The number of terminal acetylenes is 1. The molecule has 186 valence electrons. The lowest BCUT2D eigenvalue weighted by atomic mass is 9.80. The molecule has 2 fully saturated rings. The molecule has 5 rings (SSSR count). The predicted molar refractivity (Wildman–Crippen MR) is 135 cm³/mol. The van der Waals surface area contributed by atoms with Crippen LogP contribution in [0, 0.1) is 17.8 Å². The van der Waals surface area contributed by atoms with E-state index in [0.29, 0.717) is 31.6 Å². The van der Waals surface area contributed by atoms with E-state index in [-0.39, 0.29) is 28.3 Å². The van der Waals surface area contributed by atoms with Gasteiger partial charge in [-0.1, -0.05) is 30.2 Å². The van der Waals surface area contributed by atoms with Gasteiger partial charge in [0.05, 0.1) is 4.90 Å². The molecule has 1 saturated heterocycles. The number of ether oxygens (including phenoxy) is 1. The molecule has 1 amide bonds. The van der Waals surface area contributed by atoms with Crippen LogP contribution in [0.5, 0.6) is 0 Å². The number of amides is 1. The maximum atomic E-state index is 13.3. The van der Waals surface area contributed by atoms with E-state index in [1.54, 1.807) is 36.4 Å². The first-order valence-corrected chi connectivity index (χ1v) is 13.8. The highest BCUT2D eigenvalue weighted by Crippen LogP contribution is 2.49. The first kappa shape index (κ1) is 24.3. The molecule has 7 nitrogen and oxygen atoms in total. The van der Waals surface area contributed by atoms with Crippen molar-refractivity contribution in [1.82, 2.24) is 5.32 Å². The lowest BCUT2D eigenvalue weighted by molar-refractivity contribution is -0.129. The molecule has 3 aromatic rings. The van der Waals surface area contributed by atoms with Gasteiger partial charge in [0.15, 0.2) is 21.4 Å². The van der Waals surface area contributed by atoms with Gasteiger partial charge in [-0.25, -0.2) is 8.42 Å². The van der Waals surface area contributed by atoms with Crippen LogP contribution in [0.3, 0.4) is 0 Å². The number of Topliss-reactive ketones (excluding diaryl/α,β-unsaturated/α-hetero) is 1. The SMILES string of the molecule is C#CC1(CC(=O)C2(NC(=O)c3cc4ccc(-c5ccc(S(C)(=O)=O)cc5)cc4o3)CCOCC2)CC1. The summed E-state index contributed by atoms with van der Waals surface area (Å²) in [7, 11) is -3.28. The van der Waals surface area contributed by atoms with Crippen LogP contribution in [0.25, 0.3) is 22.1 Å². The highest BCUT2D eigenvalue weighted by Gasteiger charge is 2.49. The number of carbonyl (C=O) groups is 2. The molecule has 2 aromatic carbocycles. The first-order valence-electron chi connectivity index (χ1n) is 11.9. The highest BCUT2D eigenvalue weighted by molar-refractivity contribution is 7.90. The van der Waals surface area contributed by atoms with E-state index in [2.05, 4.69) is 11.2 Å². The first-order chi connectivity index (χ1) is 17.1. The van der Waals surface area contributed by atoms with Crippen LogP contribution < -0.4 is 5.32 Å². The Balaban J connectivity index is 1.38. The number of carbonyl (C=O) groups excluding carboxylic acids is 2. The average molecular weight is 506 g/mol. The fourth-order valence-corrected chi connectivity index (χ4v) is 5.32. The fourth-order valence-electron chi connectivity index (χ4n) is 4.69. The number of benzene rings is 2. The molecule has 1 aliphatic heterocycles. The zero-order valence-electron chi connectivity index (χ0n) is 20.0. The van der Waals surface area contributed by atoms with Crippen molar-refractivity contribution in [2.45, 2.75) is 42.5 Å². The van der Waals surface area contributed by atoms with Gasteiger partial charge in [-0.3, -0.25) is 9.59 Å². The third-order valence-corrected chi connectivity index (χ3v) is 8.38. The Morgan fingerprint density at radius 3 is 2.28 bits per heavy atom. The molecule has 0 unspecified atom stereocenters. The van der Waals surface area contributed by atoms with Crippen molar-refractivity contribution in [2.75, 3.05) is 19.5 Å². The maximum Gasteiger partial charge on any atom is 0.287 e. The molecule has 8 heteroatoms. The lowest BCUT2D eigenvalue weighted by Gasteiger charge is -2.37. The molecule has 0 radical (unpaired) electrons. The summed E-state index contributed by atoms with van der Waals surface area (Å²) in [5, 5.41) is 3.71. The minimum atomic E-state index is -3.28. The second kappa shape index (κ2) is 8.91. The van der Waals surface area contributed by atoms with Crippen molar-refractivity contribution in [3.05, 3.63) is 54.3 Å². The second-order valence-electron chi connectivity index (χ2n) is 9.83. The Hall–Kier alpha value is -3.41. The van der Waals surface area contributed by atoms with Gasteiger partial charge in [-0.15, -0.1) is 6.42 Å². The number of rotatable bonds is 7. The lowest BCUT2D eigenvalue weighted by Crippen LogP contribution is -2.57. The number of fused-ring (bicyclic) bond motifs is 1. The summed E-state index contributed by atoms with van der Waals surface area (Å²) in [4.78, 5) is 26.8. The van der Waals surface area contributed by atoms with Gasteiger partial charge in [0, 0.05) is 49.5 Å². The van der Waals surface area contributed by atoms with Crippen molar-refractivity contribution in [1.29, 1.82) is 0 Å². The Kier molecular flexibility index (Phi) is 6.01. The van der Waals surface area contributed by atoms with Gasteiger partial charge in [0.1, 0.15) is 11.1 Å². The summed E-state index contributed by atoms with van der Waals surface area (Å²) in [5.74, 6) is 2.37. The minimum Gasteiger partial charge on any atom is -0.451 e. The smallest absolute Gasteiger partial charge is 0.287 e. The Labute approximate surface area is 210 Å². The number of ketones is 1. The molecule has 1 aliphatic carbocycles. The van der Waals surface area contributed by atoms with Crippen molar-refractivity contribution in [3.8, 4) is 23.5 Å². The minimum absolute atomic E-state index is 0.0504. The summed E-state index contributed by atoms with van der Waals surface area (Å²) in [6.45, 7) is 0.771. The molecule has 1 N–H and O–H groups in total. The van der Waals surface area contributed by atoms with Crippen molar-refractivity contribution in [3.63, 3.8) is 0 Å². The summed E-state index contributed by atoms with van der Waals surface area (Å²) >= 11 is 0. The van der Waals surface area contributed by atoms with Gasteiger partial charge >= 0.3 is 0 Å². The molecule has 0 bridgehead atoms. The summed E-state index contributed by atoms with van der Waals surface area (Å²) in [5.41, 5.74) is 0.766. The van der Waals surface area contributed by atoms with Crippen LogP contribution in [0.4, 0.5) is 0 Å². The molecular formula is C28H27NO6S. The third kappa shape index (κ3) is 4.69. The Morgan fingerprint density at radius 2 is 1.67 bits per heavy atom. The number of nitrogens with one attached hydrogen (secondary N) is 1. The van der Waals surface area contributed by atoms with Crippen LogP contribution in [0.15, 0.2) is 57.8 Å². The van der Waals surface area contributed by atoms with E-state index < -0.39 is 21.3 Å². The average Bonchev–Trinajstić information content (AvgIpc) is 3.51. The monoisotopic (exact) mass is 505 g/mol. The molecular weight excluding hydrogens is 478 g/mol. The quantitative estimate of drug-likeness (QED) is 0.484. The van der Waals surface area contributed by atoms with E-state index >= 15 is 0 Å². The summed E-state index contributed by atoms with van der Waals surface area (Å²) < 4.78 is 34.8. The number of hydrogen-bond donors (Lipinski definition) is 1. The van der Waals surface area contributed by atoms with Crippen molar-refractivity contribution in [2.24, 2.45) is 5.41 Å². The molecule has 1 aromatic heterocycles. The van der Waals surface area contributed by atoms with Gasteiger partial charge in [0.25, 0.3) is 5.91 Å². The van der Waals surface area contributed by atoms with Crippen LogP contribution >= 0.6 is 0 Å². The molecule has 0 atom stereocenters. The molecule has 0 spiro atoms. The third-order valence-electron chi connectivity index (χ3n) is 7.25. The van der Waals surface area contributed by atoms with Gasteiger partial charge < -0.3 is 14.5 Å².